The number of methoxy groups -OCH3 is 1. The van der Waals surface area contributed by atoms with E-state index >= 15 is 0 Å². The first-order valence-corrected chi connectivity index (χ1v) is 11.5. The fraction of sp³-hybridized carbons (Fsp3) is 0.111. The second-order valence-corrected chi connectivity index (χ2v) is 8.99. The number of halogens is 2. The average Bonchev–Trinajstić information content (AvgIpc) is 3.39. The Hall–Kier alpha value is -3.74. The van der Waals surface area contributed by atoms with Crippen molar-refractivity contribution in [3.8, 4) is 5.75 Å². The number of aliphatic hydroxyl groups is 1. The number of ketones is 1. The highest BCUT2D eigenvalue weighted by atomic mass is 35.5. The summed E-state index contributed by atoms with van der Waals surface area (Å²) in [6.07, 6.45) is 0. The predicted octanol–water partition coefficient (Wildman–Crippen LogP) is 6.53. The van der Waals surface area contributed by atoms with Crippen LogP contribution in [0.2, 0.25) is 10.0 Å². The standard InChI is InChI=1S/C27H19Cl2NO5/c1-34-20-9-2-15(3-10-20)14-30-24(16-4-6-18(28)7-5-16)23(26(32)27(30)33)25(31)22-13-17-12-19(29)8-11-21(17)35-22/h2-13,24,32H,14H2,1H3. The lowest BCUT2D eigenvalue weighted by Crippen LogP contribution is -2.30. The normalized spacial score (nSPS) is 15.8. The Balaban J connectivity index is 1.57. The minimum Gasteiger partial charge on any atom is -0.503 e. The number of carbonyl (C=O) groups excluding carboxylic acids is 2. The van der Waals surface area contributed by atoms with Crippen LogP contribution >= 0.6 is 23.2 Å². The number of ether oxygens (including phenoxy) is 1. The van der Waals surface area contributed by atoms with Gasteiger partial charge in [-0.1, -0.05) is 47.5 Å². The number of rotatable bonds is 6. The molecule has 1 N–H and O–H groups in total. The number of benzene rings is 3. The molecule has 1 aliphatic rings. The molecule has 176 valence electrons. The summed E-state index contributed by atoms with van der Waals surface area (Å²) < 4.78 is 10.9. The molecule has 0 spiro atoms. The Bertz CT molecular complexity index is 1470. The van der Waals surface area contributed by atoms with Crippen molar-refractivity contribution in [2.24, 2.45) is 0 Å². The van der Waals surface area contributed by atoms with Crippen molar-refractivity contribution in [2.75, 3.05) is 7.11 Å². The van der Waals surface area contributed by atoms with Crippen LogP contribution in [-0.2, 0) is 11.3 Å². The van der Waals surface area contributed by atoms with E-state index < -0.39 is 23.5 Å². The van der Waals surface area contributed by atoms with Gasteiger partial charge in [-0.05, 0) is 59.7 Å². The predicted molar refractivity (Wildman–Crippen MR) is 133 cm³/mol. The first kappa shape index (κ1) is 23.0. The van der Waals surface area contributed by atoms with Crippen molar-refractivity contribution in [2.45, 2.75) is 12.6 Å². The third kappa shape index (κ3) is 4.27. The van der Waals surface area contributed by atoms with Crippen LogP contribution in [0, 0.1) is 0 Å². The number of nitrogens with zero attached hydrogens (tertiary/aromatic N) is 1. The van der Waals surface area contributed by atoms with E-state index in [0.717, 1.165) is 5.56 Å². The monoisotopic (exact) mass is 507 g/mol. The molecule has 1 unspecified atom stereocenters. The summed E-state index contributed by atoms with van der Waals surface area (Å²) in [6.45, 7) is 0.159. The van der Waals surface area contributed by atoms with Crippen molar-refractivity contribution in [3.05, 3.63) is 111 Å². The number of fused-ring (bicyclic) bond motifs is 1. The fourth-order valence-electron chi connectivity index (χ4n) is 4.23. The number of amides is 1. The Morgan fingerprint density at radius 1 is 1.00 bits per heavy atom. The van der Waals surface area contributed by atoms with Crippen molar-refractivity contribution in [1.82, 2.24) is 4.90 Å². The van der Waals surface area contributed by atoms with Crippen molar-refractivity contribution in [3.63, 3.8) is 0 Å². The zero-order chi connectivity index (χ0) is 24.7. The lowest BCUT2D eigenvalue weighted by atomic mass is 9.95. The molecular weight excluding hydrogens is 489 g/mol. The number of aliphatic hydroxyl groups excluding tert-OH is 1. The van der Waals surface area contributed by atoms with E-state index in [-0.39, 0.29) is 17.9 Å². The minimum atomic E-state index is -0.842. The van der Waals surface area contributed by atoms with Gasteiger partial charge in [0.25, 0.3) is 5.91 Å². The number of hydrogen-bond acceptors (Lipinski definition) is 5. The second-order valence-electron chi connectivity index (χ2n) is 8.12. The molecule has 0 radical (unpaired) electrons. The molecule has 5 rings (SSSR count). The summed E-state index contributed by atoms with van der Waals surface area (Å²) in [5.74, 6) is -1.16. The summed E-state index contributed by atoms with van der Waals surface area (Å²) in [4.78, 5) is 28.3. The van der Waals surface area contributed by atoms with Gasteiger partial charge >= 0.3 is 0 Å². The molecule has 2 heterocycles. The van der Waals surface area contributed by atoms with E-state index in [2.05, 4.69) is 0 Å². The lowest BCUT2D eigenvalue weighted by Gasteiger charge is -2.27. The van der Waals surface area contributed by atoms with Gasteiger partial charge in [0.1, 0.15) is 11.3 Å². The Morgan fingerprint density at radius 2 is 1.69 bits per heavy atom. The van der Waals surface area contributed by atoms with E-state index in [1.165, 1.54) is 4.90 Å². The number of Topliss-reactive ketones (excluding diaryl/α,β-unsaturated/α-hetero) is 1. The first-order valence-electron chi connectivity index (χ1n) is 10.7. The largest absolute Gasteiger partial charge is 0.503 e. The molecule has 0 aliphatic carbocycles. The molecule has 3 aromatic carbocycles. The van der Waals surface area contributed by atoms with Gasteiger partial charge < -0.3 is 19.2 Å². The first-order chi connectivity index (χ1) is 16.9. The smallest absolute Gasteiger partial charge is 0.290 e. The lowest BCUT2D eigenvalue weighted by molar-refractivity contribution is -0.130. The molecule has 1 atom stereocenters. The zero-order valence-corrected chi connectivity index (χ0v) is 20.0. The van der Waals surface area contributed by atoms with Crippen LogP contribution in [0.3, 0.4) is 0 Å². The van der Waals surface area contributed by atoms with Crippen LogP contribution in [0.1, 0.15) is 27.7 Å². The maximum Gasteiger partial charge on any atom is 0.290 e. The van der Waals surface area contributed by atoms with Gasteiger partial charge in [-0.25, -0.2) is 0 Å². The van der Waals surface area contributed by atoms with Crippen LogP contribution in [0.5, 0.6) is 5.75 Å². The average molecular weight is 508 g/mol. The van der Waals surface area contributed by atoms with Crippen molar-refractivity contribution >= 4 is 45.9 Å². The maximum absolute atomic E-state index is 13.6. The van der Waals surface area contributed by atoms with Crippen LogP contribution in [0.15, 0.2) is 88.5 Å². The molecule has 35 heavy (non-hydrogen) atoms. The van der Waals surface area contributed by atoms with Crippen molar-refractivity contribution in [1.29, 1.82) is 0 Å². The van der Waals surface area contributed by atoms with Gasteiger partial charge in [0.05, 0.1) is 18.7 Å². The maximum atomic E-state index is 13.6. The molecule has 4 aromatic rings. The van der Waals surface area contributed by atoms with Crippen LogP contribution in [0.4, 0.5) is 0 Å². The van der Waals surface area contributed by atoms with Crippen LogP contribution in [0.25, 0.3) is 11.0 Å². The van der Waals surface area contributed by atoms with Crippen LogP contribution < -0.4 is 4.74 Å². The van der Waals surface area contributed by atoms with Gasteiger partial charge in [-0.2, -0.15) is 0 Å². The number of furan rings is 1. The molecule has 0 saturated carbocycles. The Kier molecular flexibility index (Phi) is 6.01. The summed E-state index contributed by atoms with van der Waals surface area (Å²) in [5.41, 5.74) is 1.84. The number of hydrogen-bond donors (Lipinski definition) is 1. The summed E-state index contributed by atoms with van der Waals surface area (Å²) in [5, 5.41) is 12.5. The quantitative estimate of drug-likeness (QED) is 0.300. The fourth-order valence-corrected chi connectivity index (χ4v) is 4.53. The van der Waals surface area contributed by atoms with Crippen LogP contribution in [-0.4, -0.2) is 28.8 Å². The molecular formula is C27H19Cl2NO5. The molecule has 8 heteroatoms. The Morgan fingerprint density at radius 3 is 2.37 bits per heavy atom. The van der Waals surface area contributed by atoms with E-state index in [4.69, 9.17) is 32.4 Å². The minimum absolute atomic E-state index is 0.00174. The summed E-state index contributed by atoms with van der Waals surface area (Å²) >= 11 is 12.1. The SMILES string of the molecule is COc1ccc(CN2C(=O)C(O)=C(C(=O)c3cc4cc(Cl)ccc4o3)C2c2ccc(Cl)cc2)cc1. The third-order valence-corrected chi connectivity index (χ3v) is 6.44. The summed E-state index contributed by atoms with van der Waals surface area (Å²) in [7, 11) is 1.57. The van der Waals surface area contributed by atoms with E-state index in [0.29, 0.717) is 32.3 Å². The van der Waals surface area contributed by atoms with Gasteiger partial charge in [0.2, 0.25) is 5.78 Å². The molecule has 0 saturated heterocycles. The second kappa shape index (κ2) is 9.13. The molecule has 1 aliphatic heterocycles. The highest BCUT2D eigenvalue weighted by Crippen LogP contribution is 2.41. The van der Waals surface area contributed by atoms with E-state index in [1.54, 1.807) is 67.8 Å². The highest BCUT2D eigenvalue weighted by molar-refractivity contribution is 6.31. The van der Waals surface area contributed by atoms with Crippen molar-refractivity contribution < 1.29 is 23.8 Å². The molecule has 0 fully saturated rings. The van der Waals surface area contributed by atoms with Gasteiger partial charge in [-0.15, -0.1) is 0 Å². The van der Waals surface area contributed by atoms with E-state index in [1.807, 2.05) is 12.1 Å². The summed E-state index contributed by atoms with van der Waals surface area (Å²) in [6, 6.07) is 19.7. The molecule has 6 nitrogen and oxygen atoms in total. The zero-order valence-electron chi connectivity index (χ0n) is 18.5. The molecule has 0 bridgehead atoms. The number of carbonyl (C=O) groups is 2. The highest BCUT2D eigenvalue weighted by Gasteiger charge is 2.44. The van der Waals surface area contributed by atoms with Gasteiger partial charge in [-0.3, -0.25) is 9.59 Å². The third-order valence-electron chi connectivity index (χ3n) is 5.95. The Labute approximate surface area is 210 Å². The van der Waals surface area contributed by atoms with E-state index in [9.17, 15) is 14.7 Å². The molecule has 1 amide bonds. The van der Waals surface area contributed by atoms with Gasteiger partial charge in [0, 0.05) is 22.0 Å². The molecule has 1 aromatic heterocycles. The topological polar surface area (TPSA) is 80.0 Å². The van der Waals surface area contributed by atoms with Gasteiger partial charge in [0.15, 0.2) is 11.5 Å².